The Bertz CT molecular complexity index is 490. The summed E-state index contributed by atoms with van der Waals surface area (Å²) in [5.74, 6) is -0.401. The van der Waals surface area contributed by atoms with Gasteiger partial charge < -0.3 is 5.11 Å². The SMILES string of the molecule is CN(Cc1nc(C2CC2)c(C(=O)O)s1)C1CCCCC1. The maximum atomic E-state index is 11.3. The van der Waals surface area contributed by atoms with Gasteiger partial charge in [-0.05, 0) is 32.7 Å². The highest BCUT2D eigenvalue weighted by Crippen LogP contribution is 2.42. The van der Waals surface area contributed by atoms with Crippen LogP contribution in [0.5, 0.6) is 0 Å². The minimum absolute atomic E-state index is 0.408. The quantitative estimate of drug-likeness (QED) is 0.903. The van der Waals surface area contributed by atoms with Crippen molar-refractivity contribution in [3.63, 3.8) is 0 Å². The van der Waals surface area contributed by atoms with E-state index in [9.17, 15) is 9.90 Å². The number of aromatic nitrogens is 1. The van der Waals surface area contributed by atoms with Crippen LogP contribution < -0.4 is 0 Å². The predicted molar refractivity (Wildman–Crippen MR) is 79.4 cm³/mol. The average Bonchev–Trinajstić information content (AvgIpc) is 3.21. The van der Waals surface area contributed by atoms with E-state index in [-0.39, 0.29) is 0 Å². The molecule has 1 N–H and O–H groups in total. The first-order valence-corrected chi connectivity index (χ1v) is 8.40. The summed E-state index contributed by atoms with van der Waals surface area (Å²) >= 11 is 1.38. The minimum Gasteiger partial charge on any atom is -0.477 e. The largest absolute Gasteiger partial charge is 0.477 e. The second-order valence-corrected chi connectivity index (χ2v) is 7.19. The summed E-state index contributed by atoms with van der Waals surface area (Å²) in [4.78, 5) is 18.8. The molecule has 2 fully saturated rings. The molecule has 4 nitrogen and oxygen atoms in total. The van der Waals surface area contributed by atoms with Crippen molar-refractivity contribution in [1.29, 1.82) is 0 Å². The number of rotatable bonds is 5. The van der Waals surface area contributed by atoms with E-state index in [0.29, 0.717) is 16.8 Å². The Morgan fingerprint density at radius 3 is 2.60 bits per heavy atom. The van der Waals surface area contributed by atoms with Gasteiger partial charge in [0.25, 0.3) is 0 Å². The highest BCUT2D eigenvalue weighted by Gasteiger charge is 2.32. The van der Waals surface area contributed by atoms with E-state index >= 15 is 0 Å². The van der Waals surface area contributed by atoms with Crippen molar-refractivity contribution in [1.82, 2.24) is 9.88 Å². The molecule has 5 heteroatoms. The van der Waals surface area contributed by atoms with Crippen LogP contribution in [0.4, 0.5) is 0 Å². The maximum Gasteiger partial charge on any atom is 0.347 e. The van der Waals surface area contributed by atoms with Crippen molar-refractivity contribution in [2.24, 2.45) is 0 Å². The van der Waals surface area contributed by atoms with Gasteiger partial charge in [0.15, 0.2) is 0 Å². The van der Waals surface area contributed by atoms with Crippen molar-refractivity contribution in [2.75, 3.05) is 7.05 Å². The normalized spacial score (nSPS) is 20.5. The van der Waals surface area contributed by atoms with Gasteiger partial charge in [-0.1, -0.05) is 19.3 Å². The van der Waals surface area contributed by atoms with Crippen molar-refractivity contribution in [3.05, 3.63) is 15.6 Å². The maximum absolute atomic E-state index is 11.3. The van der Waals surface area contributed by atoms with Crippen LogP contribution in [0.3, 0.4) is 0 Å². The molecule has 0 amide bonds. The Kier molecular flexibility index (Phi) is 4.08. The Morgan fingerprint density at radius 2 is 2.00 bits per heavy atom. The smallest absolute Gasteiger partial charge is 0.347 e. The second kappa shape index (κ2) is 5.82. The summed E-state index contributed by atoms with van der Waals surface area (Å²) < 4.78 is 0. The summed E-state index contributed by atoms with van der Waals surface area (Å²) in [7, 11) is 2.15. The number of aromatic carboxylic acids is 1. The first kappa shape index (κ1) is 14.0. The number of thiazole rings is 1. The fourth-order valence-electron chi connectivity index (χ4n) is 3.10. The van der Waals surface area contributed by atoms with Crippen molar-refractivity contribution in [2.45, 2.75) is 63.5 Å². The fraction of sp³-hybridized carbons (Fsp3) is 0.733. The van der Waals surface area contributed by atoms with Crippen LogP contribution in [0.1, 0.15) is 71.2 Å². The third-order valence-electron chi connectivity index (χ3n) is 4.44. The van der Waals surface area contributed by atoms with E-state index in [4.69, 9.17) is 0 Å². The molecule has 3 rings (SSSR count). The van der Waals surface area contributed by atoms with Crippen molar-refractivity contribution < 1.29 is 9.90 Å². The van der Waals surface area contributed by atoms with E-state index in [1.807, 2.05) is 0 Å². The molecule has 0 atom stereocenters. The Morgan fingerprint density at radius 1 is 1.30 bits per heavy atom. The molecule has 2 aliphatic rings. The third kappa shape index (κ3) is 3.04. The zero-order valence-corrected chi connectivity index (χ0v) is 12.8. The summed E-state index contributed by atoms with van der Waals surface area (Å²) in [5.41, 5.74) is 0.842. The molecule has 0 aromatic carbocycles. The lowest BCUT2D eigenvalue weighted by Gasteiger charge is -2.30. The number of hydrogen-bond donors (Lipinski definition) is 1. The number of nitrogens with zero attached hydrogens (tertiary/aromatic N) is 2. The lowest BCUT2D eigenvalue weighted by Crippen LogP contribution is -2.32. The Labute approximate surface area is 123 Å². The topological polar surface area (TPSA) is 53.4 Å². The molecule has 0 unspecified atom stereocenters. The van der Waals surface area contributed by atoms with Gasteiger partial charge in [-0.25, -0.2) is 9.78 Å². The van der Waals surface area contributed by atoms with Crippen LogP contribution in [-0.4, -0.2) is 34.0 Å². The average molecular weight is 294 g/mol. The van der Waals surface area contributed by atoms with Gasteiger partial charge in [0.05, 0.1) is 12.2 Å². The molecule has 2 aliphatic carbocycles. The molecule has 2 saturated carbocycles. The Balaban J connectivity index is 1.70. The third-order valence-corrected chi connectivity index (χ3v) is 5.48. The van der Waals surface area contributed by atoms with E-state index in [0.717, 1.165) is 30.1 Å². The van der Waals surface area contributed by atoms with E-state index < -0.39 is 5.97 Å². The zero-order chi connectivity index (χ0) is 14.1. The molecule has 20 heavy (non-hydrogen) atoms. The first-order valence-electron chi connectivity index (χ1n) is 7.58. The van der Waals surface area contributed by atoms with Gasteiger partial charge in [0, 0.05) is 12.0 Å². The van der Waals surface area contributed by atoms with E-state index in [1.54, 1.807) is 0 Å². The van der Waals surface area contributed by atoms with Gasteiger partial charge in [0.1, 0.15) is 9.88 Å². The molecular formula is C15H22N2O2S. The first-order chi connectivity index (χ1) is 9.65. The second-order valence-electron chi connectivity index (χ2n) is 6.11. The summed E-state index contributed by atoms with van der Waals surface area (Å²) in [6.07, 6.45) is 8.73. The summed E-state index contributed by atoms with van der Waals surface area (Å²) in [5, 5.41) is 10.3. The molecule has 1 heterocycles. The van der Waals surface area contributed by atoms with Crippen LogP contribution in [0.2, 0.25) is 0 Å². The monoisotopic (exact) mass is 294 g/mol. The van der Waals surface area contributed by atoms with Crippen LogP contribution in [0.25, 0.3) is 0 Å². The lowest BCUT2D eigenvalue weighted by atomic mass is 9.94. The molecule has 110 valence electrons. The van der Waals surface area contributed by atoms with E-state index in [1.165, 1.54) is 43.4 Å². The number of carboxylic acids is 1. The van der Waals surface area contributed by atoms with Crippen LogP contribution in [0, 0.1) is 0 Å². The van der Waals surface area contributed by atoms with Gasteiger partial charge in [-0.3, -0.25) is 4.90 Å². The fourth-order valence-corrected chi connectivity index (χ4v) is 4.15. The Hall–Kier alpha value is -0.940. The molecule has 0 saturated heterocycles. The number of carbonyl (C=O) groups is 1. The van der Waals surface area contributed by atoms with Gasteiger partial charge in [-0.2, -0.15) is 0 Å². The highest BCUT2D eigenvalue weighted by atomic mass is 32.1. The van der Waals surface area contributed by atoms with Crippen molar-refractivity contribution in [3.8, 4) is 0 Å². The van der Waals surface area contributed by atoms with Gasteiger partial charge in [0.2, 0.25) is 0 Å². The van der Waals surface area contributed by atoms with Crippen LogP contribution in [0.15, 0.2) is 0 Å². The van der Waals surface area contributed by atoms with Gasteiger partial charge >= 0.3 is 5.97 Å². The zero-order valence-electron chi connectivity index (χ0n) is 12.0. The van der Waals surface area contributed by atoms with Crippen LogP contribution in [-0.2, 0) is 6.54 Å². The molecule has 1 aromatic heterocycles. The lowest BCUT2D eigenvalue weighted by molar-refractivity contribution is 0.0700. The summed E-state index contributed by atoms with van der Waals surface area (Å²) in [6, 6.07) is 0.644. The molecule has 1 aromatic rings. The predicted octanol–water partition coefficient (Wildman–Crippen LogP) is 3.48. The standard InChI is InChI=1S/C15H22N2O2S/c1-17(11-5-3-2-4-6-11)9-12-16-13(10-7-8-10)14(20-12)15(18)19/h10-11H,2-9H2,1H3,(H,18,19). The molecular weight excluding hydrogens is 272 g/mol. The highest BCUT2D eigenvalue weighted by molar-refractivity contribution is 7.13. The molecule has 0 spiro atoms. The van der Waals surface area contributed by atoms with Crippen molar-refractivity contribution >= 4 is 17.3 Å². The molecule has 0 radical (unpaired) electrons. The number of hydrogen-bond acceptors (Lipinski definition) is 4. The van der Waals surface area contributed by atoms with Gasteiger partial charge in [-0.15, -0.1) is 11.3 Å². The summed E-state index contributed by atoms with van der Waals surface area (Å²) in [6.45, 7) is 0.794. The minimum atomic E-state index is -0.809. The number of carboxylic acid groups (broad SMARTS) is 1. The molecule has 0 bridgehead atoms. The van der Waals surface area contributed by atoms with E-state index in [2.05, 4.69) is 16.9 Å². The van der Waals surface area contributed by atoms with Crippen LogP contribution >= 0.6 is 11.3 Å². The molecule has 0 aliphatic heterocycles.